The molecule has 0 bridgehead atoms. The maximum atomic E-state index is 13.5. The molecule has 2 amide bonds. The predicted octanol–water partition coefficient (Wildman–Crippen LogP) is 1.43. The molecule has 7 heteroatoms. The van der Waals surface area contributed by atoms with Crippen molar-refractivity contribution >= 4 is 35.0 Å². The van der Waals surface area contributed by atoms with Crippen LogP contribution in [0.25, 0.3) is 0 Å². The second-order valence-corrected chi connectivity index (χ2v) is 5.60. The molecule has 2 rings (SSSR count). The van der Waals surface area contributed by atoms with E-state index in [1.54, 1.807) is 11.8 Å². The van der Waals surface area contributed by atoms with Gasteiger partial charge >= 0.3 is 0 Å². The van der Waals surface area contributed by atoms with Crippen molar-refractivity contribution in [2.24, 2.45) is 0 Å². The largest absolute Gasteiger partial charge is 0.325 e. The second-order valence-electron chi connectivity index (χ2n) is 4.45. The van der Waals surface area contributed by atoms with Gasteiger partial charge in [-0.15, -0.1) is 0 Å². The summed E-state index contributed by atoms with van der Waals surface area (Å²) in [5.41, 5.74) is 0.513. The Morgan fingerprint density at radius 3 is 2.85 bits per heavy atom. The lowest BCUT2D eigenvalue weighted by Crippen LogP contribution is -2.46. The molecule has 1 heterocycles. The zero-order valence-electron chi connectivity index (χ0n) is 11.0. The number of hydrogen-bond donors (Lipinski definition) is 3. The molecule has 0 aliphatic carbocycles. The van der Waals surface area contributed by atoms with E-state index in [1.807, 2.05) is 0 Å². The van der Waals surface area contributed by atoms with Crippen molar-refractivity contribution in [3.63, 3.8) is 0 Å². The van der Waals surface area contributed by atoms with Crippen LogP contribution in [0, 0.1) is 5.82 Å². The van der Waals surface area contributed by atoms with E-state index >= 15 is 0 Å². The summed E-state index contributed by atoms with van der Waals surface area (Å²) in [5.74, 6) is 0.651. The Kier molecular flexibility index (Phi) is 4.97. The average Bonchev–Trinajstić information content (AvgIpc) is 2.43. The number of carbonyl (C=O) groups excluding carboxylic acids is 2. The van der Waals surface area contributed by atoms with Crippen LogP contribution in [-0.4, -0.2) is 35.9 Å². The summed E-state index contributed by atoms with van der Waals surface area (Å²) in [6, 6.07) is 3.84. The number of amides is 2. The zero-order chi connectivity index (χ0) is 14.5. The van der Waals surface area contributed by atoms with E-state index in [1.165, 1.54) is 25.1 Å². The highest BCUT2D eigenvalue weighted by atomic mass is 32.2. The van der Waals surface area contributed by atoms with Crippen molar-refractivity contribution in [2.45, 2.75) is 13.0 Å². The summed E-state index contributed by atoms with van der Waals surface area (Å²) in [6.07, 6.45) is 0. The molecule has 5 nitrogen and oxygen atoms in total. The molecule has 0 saturated carbocycles. The summed E-state index contributed by atoms with van der Waals surface area (Å²) in [6.45, 7) is 2.09. The van der Waals surface area contributed by atoms with Gasteiger partial charge in [-0.05, 0) is 18.2 Å². The van der Waals surface area contributed by atoms with Gasteiger partial charge in [0.1, 0.15) is 5.82 Å². The number of benzene rings is 1. The molecule has 1 aromatic carbocycles. The molecule has 0 radical (unpaired) electrons. The van der Waals surface area contributed by atoms with Gasteiger partial charge < -0.3 is 16.0 Å². The Balaban J connectivity index is 2.05. The summed E-state index contributed by atoms with van der Waals surface area (Å²) < 4.78 is 13.5. The molecule has 0 aromatic heterocycles. The molecule has 1 fully saturated rings. The number of carbonyl (C=O) groups is 2. The highest BCUT2D eigenvalue weighted by Crippen LogP contribution is 2.20. The Bertz CT molecular complexity index is 518. The van der Waals surface area contributed by atoms with E-state index in [0.717, 1.165) is 12.3 Å². The Morgan fingerprint density at radius 2 is 2.20 bits per heavy atom. The second kappa shape index (κ2) is 6.71. The lowest BCUT2D eigenvalue weighted by molar-refractivity contribution is -0.117. The van der Waals surface area contributed by atoms with Gasteiger partial charge in [0.15, 0.2) is 0 Å². The minimum absolute atomic E-state index is 0.0567. The monoisotopic (exact) mass is 297 g/mol. The molecule has 0 spiro atoms. The van der Waals surface area contributed by atoms with Crippen molar-refractivity contribution in [3.05, 3.63) is 24.0 Å². The Labute approximate surface area is 120 Å². The lowest BCUT2D eigenvalue weighted by atomic mass is 10.2. The summed E-state index contributed by atoms with van der Waals surface area (Å²) in [4.78, 5) is 23.0. The van der Waals surface area contributed by atoms with Crippen molar-refractivity contribution in [3.8, 4) is 0 Å². The van der Waals surface area contributed by atoms with Crippen molar-refractivity contribution in [2.75, 3.05) is 28.7 Å². The average molecular weight is 297 g/mol. The minimum Gasteiger partial charge on any atom is -0.325 e. The van der Waals surface area contributed by atoms with Crippen LogP contribution in [0.4, 0.5) is 15.8 Å². The van der Waals surface area contributed by atoms with Crippen molar-refractivity contribution < 1.29 is 14.0 Å². The smallest absolute Gasteiger partial charge is 0.242 e. The third-order valence-electron chi connectivity index (χ3n) is 2.78. The van der Waals surface area contributed by atoms with Gasteiger partial charge in [-0.3, -0.25) is 9.59 Å². The predicted molar refractivity (Wildman–Crippen MR) is 78.4 cm³/mol. The number of rotatable bonds is 3. The minimum atomic E-state index is -0.537. The fourth-order valence-electron chi connectivity index (χ4n) is 1.85. The maximum Gasteiger partial charge on any atom is 0.242 e. The highest BCUT2D eigenvalue weighted by Gasteiger charge is 2.21. The molecule has 1 unspecified atom stereocenters. The third kappa shape index (κ3) is 3.94. The zero-order valence-corrected chi connectivity index (χ0v) is 11.8. The normalized spacial score (nSPS) is 18.4. The van der Waals surface area contributed by atoms with Crippen LogP contribution in [0.1, 0.15) is 6.92 Å². The molecule has 3 N–H and O–H groups in total. The molecule has 108 valence electrons. The molecule has 1 aromatic rings. The molecular weight excluding hydrogens is 281 g/mol. The van der Waals surface area contributed by atoms with E-state index in [4.69, 9.17) is 0 Å². The molecule has 1 saturated heterocycles. The van der Waals surface area contributed by atoms with Gasteiger partial charge in [-0.25, -0.2) is 4.39 Å². The Morgan fingerprint density at radius 1 is 1.40 bits per heavy atom. The van der Waals surface area contributed by atoms with Crippen LogP contribution in [0.3, 0.4) is 0 Å². The number of anilines is 2. The van der Waals surface area contributed by atoms with E-state index < -0.39 is 5.82 Å². The molecule has 1 aliphatic heterocycles. The first-order valence-corrected chi connectivity index (χ1v) is 7.41. The van der Waals surface area contributed by atoms with Gasteiger partial charge in [0, 0.05) is 30.7 Å². The fraction of sp³-hybridized carbons (Fsp3) is 0.385. The van der Waals surface area contributed by atoms with Crippen molar-refractivity contribution in [1.82, 2.24) is 5.32 Å². The topological polar surface area (TPSA) is 70.2 Å². The van der Waals surface area contributed by atoms with Crippen LogP contribution in [0.2, 0.25) is 0 Å². The van der Waals surface area contributed by atoms with E-state index in [2.05, 4.69) is 16.0 Å². The number of thioether (sulfide) groups is 1. The number of hydrogen-bond acceptors (Lipinski definition) is 4. The van der Waals surface area contributed by atoms with Gasteiger partial charge in [0.05, 0.1) is 11.7 Å². The molecular formula is C13H16FN3O2S. The number of nitrogens with one attached hydrogen (secondary N) is 3. The van der Waals surface area contributed by atoms with Crippen molar-refractivity contribution in [1.29, 1.82) is 0 Å². The van der Waals surface area contributed by atoms with Crippen LogP contribution >= 0.6 is 11.8 Å². The lowest BCUT2D eigenvalue weighted by Gasteiger charge is -2.22. The first-order chi connectivity index (χ1) is 9.56. The first-order valence-electron chi connectivity index (χ1n) is 6.25. The van der Waals surface area contributed by atoms with Crippen LogP contribution in [0.5, 0.6) is 0 Å². The molecule has 20 heavy (non-hydrogen) atoms. The highest BCUT2D eigenvalue weighted by molar-refractivity contribution is 7.99. The third-order valence-corrected chi connectivity index (χ3v) is 3.84. The first kappa shape index (κ1) is 14.8. The SMILES string of the molecule is CC(=O)Nc1cc(NC(=O)C2CSCCN2)ccc1F. The van der Waals surface area contributed by atoms with E-state index in [-0.39, 0.29) is 23.5 Å². The fourth-order valence-corrected chi connectivity index (χ4v) is 2.79. The van der Waals surface area contributed by atoms with E-state index in [9.17, 15) is 14.0 Å². The van der Waals surface area contributed by atoms with Gasteiger partial charge in [-0.2, -0.15) is 11.8 Å². The summed E-state index contributed by atoms with van der Waals surface area (Å²) in [7, 11) is 0. The standard InChI is InChI=1S/C13H16FN3O2S/c1-8(18)16-11-6-9(2-3-10(11)14)17-13(19)12-7-20-5-4-15-12/h2-3,6,12,15H,4-5,7H2,1H3,(H,16,18)(H,17,19). The van der Waals surface area contributed by atoms with Gasteiger partial charge in [-0.1, -0.05) is 0 Å². The molecule has 1 aliphatic rings. The van der Waals surface area contributed by atoms with Gasteiger partial charge in [0.25, 0.3) is 0 Å². The Hall–Kier alpha value is -1.60. The van der Waals surface area contributed by atoms with E-state index in [0.29, 0.717) is 11.4 Å². The summed E-state index contributed by atoms with van der Waals surface area (Å²) >= 11 is 1.72. The van der Waals surface area contributed by atoms with Crippen LogP contribution in [0.15, 0.2) is 18.2 Å². The summed E-state index contributed by atoms with van der Waals surface area (Å²) in [5, 5.41) is 8.22. The van der Waals surface area contributed by atoms with Crippen LogP contribution < -0.4 is 16.0 Å². The van der Waals surface area contributed by atoms with Crippen LogP contribution in [-0.2, 0) is 9.59 Å². The maximum absolute atomic E-state index is 13.5. The quantitative estimate of drug-likeness (QED) is 0.789. The number of halogens is 1. The molecule has 1 atom stereocenters. The van der Waals surface area contributed by atoms with Gasteiger partial charge in [0.2, 0.25) is 11.8 Å².